The zero-order valence-corrected chi connectivity index (χ0v) is 18.0. The minimum Gasteiger partial charge on any atom is -0.373 e. The van der Waals surface area contributed by atoms with Gasteiger partial charge in [-0.3, -0.25) is 4.99 Å². The number of hydrogen-bond donors (Lipinski definition) is 1. The Bertz CT molecular complexity index is 541. The molecule has 140 valence electrons. The Morgan fingerprint density at radius 2 is 1.88 bits per heavy atom. The summed E-state index contributed by atoms with van der Waals surface area (Å²) in [6.45, 7) is 8.66. The third-order valence-corrected chi connectivity index (χ3v) is 5.24. The molecule has 0 radical (unpaired) electrons. The molecule has 5 heteroatoms. The van der Waals surface area contributed by atoms with Gasteiger partial charge in [-0.1, -0.05) is 44.2 Å². The molecule has 4 nitrogen and oxygen atoms in total. The van der Waals surface area contributed by atoms with Crippen LogP contribution in [0.5, 0.6) is 0 Å². The molecule has 3 rings (SSSR count). The van der Waals surface area contributed by atoms with Crippen molar-refractivity contribution < 1.29 is 4.74 Å². The fraction of sp³-hybridized carbons (Fsp3) is 0.650. The second kappa shape index (κ2) is 9.76. The van der Waals surface area contributed by atoms with E-state index in [-0.39, 0.29) is 30.1 Å². The van der Waals surface area contributed by atoms with E-state index in [1.54, 1.807) is 0 Å². The van der Waals surface area contributed by atoms with Crippen LogP contribution in [0.25, 0.3) is 0 Å². The van der Waals surface area contributed by atoms with Crippen LogP contribution in [0.15, 0.2) is 35.3 Å². The first-order valence-corrected chi connectivity index (χ1v) is 9.29. The van der Waals surface area contributed by atoms with Crippen molar-refractivity contribution in [3.8, 4) is 0 Å². The molecular formula is C20H32IN3O. The van der Waals surface area contributed by atoms with Crippen LogP contribution in [0.3, 0.4) is 0 Å². The van der Waals surface area contributed by atoms with E-state index >= 15 is 0 Å². The van der Waals surface area contributed by atoms with Crippen molar-refractivity contribution in [1.82, 2.24) is 10.2 Å². The van der Waals surface area contributed by atoms with Crippen molar-refractivity contribution in [2.75, 3.05) is 33.3 Å². The van der Waals surface area contributed by atoms with Gasteiger partial charge < -0.3 is 15.0 Å². The molecule has 2 aliphatic heterocycles. The Hall–Kier alpha value is -0.820. The van der Waals surface area contributed by atoms with E-state index in [4.69, 9.17) is 4.74 Å². The lowest BCUT2D eigenvalue weighted by Gasteiger charge is -2.37. The number of hydrogen-bond acceptors (Lipinski definition) is 2. The molecule has 4 unspecified atom stereocenters. The molecule has 0 aliphatic carbocycles. The number of rotatable bonds is 3. The van der Waals surface area contributed by atoms with Gasteiger partial charge in [0.05, 0.1) is 6.10 Å². The van der Waals surface area contributed by atoms with Gasteiger partial charge in [0.1, 0.15) is 0 Å². The molecule has 2 saturated heterocycles. The minimum atomic E-state index is 0. The van der Waals surface area contributed by atoms with Gasteiger partial charge in [0.15, 0.2) is 5.96 Å². The highest BCUT2D eigenvalue weighted by atomic mass is 127. The lowest BCUT2D eigenvalue weighted by atomic mass is 9.92. The van der Waals surface area contributed by atoms with Crippen LogP contribution in [0, 0.1) is 17.8 Å². The zero-order valence-electron chi connectivity index (χ0n) is 15.6. The van der Waals surface area contributed by atoms with E-state index in [1.165, 1.54) is 12.0 Å². The molecule has 0 saturated carbocycles. The maximum absolute atomic E-state index is 6.00. The SMILES string of the molecule is CN=C(NCC1CCOC1c1ccccc1)N1CC(C)CC(C)C1.I. The first-order valence-electron chi connectivity index (χ1n) is 9.29. The fourth-order valence-electron chi connectivity index (χ4n) is 4.24. The van der Waals surface area contributed by atoms with Gasteiger partial charge in [0, 0.05) is 39.2 Å². The third kappa shape index (κ3) is 5.33. The van der Waals surface area contributed by atoms with E-state index in [2.05, 4.69) is 59.4 Å². The number of nitrogens with zero attached hydrogens (tertiary/aromatic N) is 2. The Kier molecular flexibility index (Phi) is 8.00. The van der Waals surface area contributed by atoms with Crippen molar-refractivity contribution in [3.05, 3.63) is 35.9 Å². The van der Waals surface area contributed by atoms with E-state index < -0.39 is 0 Å². The number of ether oxygens (including phenoxy) is 1. The Morgan fingerprint density at radius 3 is 2.52 bits per heavy atom. The maximum atomic E-state index is 6.00. The standard InChI is InChI=1S/C20H31N3O.HI/c1-15-11-16(2)14-23(13-15)20(21-3)22-12-18-9-10-24-19(18)17-7-5-4-6-8-17;/h4-8,15-16,18-19H,9-14H2,1-3H3,(H,21,22);1H. The fourth-order valence-corrected chi connectivity index (χ4v) is 4.24. The van der Waals surface area contributed by atoms with Crippen molar-refractivity contribution >= 4 is 29.9 Å². The summed E-state index contributed by atoms with van der Waals surface area (Å²) < 4.78 is 6.00. The molecule has 4 atom stereocenters. The summed E-state index contributed by atoms with van der Waals surface area (Å²) in [6.07, 6.45) is 2.63. The molecular weight excluding hydrogens is 425 g/mol. The van der Waals surface area contributed by atoms with E-state index in [9.17, 15) is 0 Å². The summed E-state index contributed by atoms with van der Waals surface area (Å²) in [6, 6.07) is 10.6. The lowest BCUT2D eigenvalue weighted by Crippen LogP contribution is -2.49. The van der Waals surface area contributed by atoms with Crippen LogP contribution in [0.2, 0.25) is 0 Å². The molecule has 25 heavy (non-hydrogen) atoms. The topological polar surface area (TPSA) is 36.9 Å². The van der Waals surface area contributed by atoms with Crippen molar-refractivity contribution in [2.45, 2.75) is 32.8 Å². The van der Waals surface area contributed by atoms with Crippen molar-refractivity contribution in [2.24, 2.45) is 22.7 Å². The summed E-state index contributed by atoms with van der Waals surface area (Å²) in [5, 5.41) is 3.62. The molecule has 2 aliphatic rings. The van der Waals surface area contributed by atoms with Gasteiger partial charge >= 0.3 is 0 Å². The quantitative estimate of drug-likeness (QED) is 0.425. The van der Waals surface area contributed by atoms with Crippen LogP contribution >= 0.6 is 24.0 Å². The molecule has 0 bridgehead atoms. The number of likely N-dealkylation sites (tertiary alicyclic amines) is 1. The first-order chi connectivity index (χ1) is 11.7. The van der Waals surface area contributed by atoms with Gasteiger partial charge in [0.2, 0.25) is 0 Å². The second-order valence-corrected chi connectivity index (χ2v) is 7.53. The van der Waals surface area contributed by atoms with E-state index in [1.807, 2.05) is 7.05 Å². The molecule has 1 aromatic carbocycles. The van der Waals surface area contributed by atoms with Crippen LogP contribution in [0.4, 0.5) is 0 Å². The largest absolute Gasteiger partial charge is 0.373 e. The number of nitrogens with one attached hydrogen (secondary N) is 1. The Labute approximate surface area is 169 Å². The maximum Gasteiger partial charge on any atom is 0.193 e. The average Bonchev–Trinajstić information content (AvgIpc) is 3.04. The summed E-state index contributed by atoms with van der Waals surface area (Å²) in [5.41, 5.74) is 1.29. The van der Waals surface area contributed by atoms with Gasteiger partial charge in [-0.15, -0.1) is 24.0 Å². The number of aliphatic imine (C=N–C) groups is 1. The smallest absolute Gasteiger partial charge is 0.193 e. The molecule has 0 amide bonds. The summed E-state index contributed by atoms with van der Waals surface area (Å²) in [5.74, 6) is 3.02. The summed E-state index contributed by atoms with van der Waals surface area (Å²) >= 11 is 0. The van der Waals surface area contributed by atoms with Gasteiger partial charge in [-0.25, -0.2) is 0 Å². The minimum absolute atomic E-state index is 0. The predicted molar refractivity (Wildman–Crippen MR) is 115 cm³/mol. The first kappa shape index (κ1) is 20.5. The van der Waals surface area contributed by atoms with Gasteiger partial charge in [-0.2, -0.15) is 0 Å². The number of guanidine groups is 1. The van der Waals surface area contributed by atoms with E-state index in [0.717, 1.165) is 50.5 Å². The average molecular weight is 457 g/mol. The van der Waals surface area contributed by atoms with Crippen LogP contribution in [-0.4, -0.2) is 44.1 Å². The highest BCUT2D eigenvalue weighted by molar-refractivity contribution is 14.0. The van der Waals surface area contributed by atoms with E-state index in [0.29, 0.717) is 5.92 Å². The van der Waals surface area contributed by atoms with Gasteiger partial charge in [-0.05, 0) is 30.2 Å². The molecule has 1 N–H and O–H groups in total. The second-order valence-electron chi connectivity index (χ2n) is 7.53. The normalized spacial score (nSPS) is 30.0. The monoisotopic (exact) mass is 457 g/mol. The highest BCUT2D eigenvalue weighted by Gasteiger charge is 2.30. The number of halogens is 1. The summed E-state index contributed by atoms with van der Waals surface area (Å²) in [4.78, 5) is 6.95. The number of piperidine rings is 1. The van der Waals surface area contributed by atoms with Gasteiger partial charge in [0.25, 0.3) is 0 Å². The lowest BCUT2D eigenvalue weighted by molar-refractivity contribution is 0.0912. The Morgan fingerprint density at radius 1 is 1.20 bits per heavy atom. The predicted octanol–water partition coefficient (Wildman–Crippen LogP) is 3.94. The molecule has 1 aromatic rings. The van der Waals surface area contributed by atoms with Crippen molar-refractivity contribution in [3.63, 3.8) is 0 Å². The summed E-state index contributed by atoms with van der Waals surface area (Å²) in [7, 11) is 1.89. The highest BCUT2D eigenvalue weighted by Crippen LogP contribution is 2.34. The van der Waals surface area contributed by atoms with Crippen LogP contribution in [-0.2, 0) is 4.74 Å². The number of benzene rings is 1. The van der Waals surface area contributed by atoms with Crippen molar-refractivity contribution in [1.29, 1.82) is 0 Å². The molecule has 2 heterocycles. The molecule has 0 spiro atoms. The Balaban J connectivity index is 0.00000225. The van der Waals surface area contributed by atoms with Crippen LogP contribution in [0.1, 0.15) is 38.4 Å². The molecule has 2 fully saturated rings. The molecule has 0 aromatic heterocycles. The van der Waals surface area contributed by atoms with Crippen LogP contribution < -0.4 is 5.32 Å². The zero-order chi connectivity index (χ0) is 16.9. The third-order valence-electron chi connectivity index (χ3n) is 5.24.